The smallest absolute Gasteiger partial charge is 0.398 e. The molecule has 20 heavy (non-hydrogen) atoms. The number of nitrogens with zero attached hydrogens (tertiary/aromatic N) is 1. The molecule has 2 fully saturated rings. The normalized spacial score (nSPS) is 25.8. The van der Waals surface area contributed by atoms with Crippen LogP contribution in [0.1, 0.15) is 51.8 Å². The van der Waals surface area contributed by atoms with Crippen LogP contribution in [-0.2, 0) is 14.9 Å². The first-order valence-electron chi connectivity index (χ1n) is 7.20. The minimum atomic E-state index is -0.661. The lowest BCUT2D eigenvalue weighted by molar-refractivity contribution is 0.00578. The van der Waals surface area contributed by atoms with Crippen molar-refractivity contribution >= 4 is 12.7 Å². The van der Waals surface area contributed by atoms with Gasteiger partial charge in [-0.05, 0) is 65.2 Å². The summed E-state index contributed by atoms with van der Waals surface area (Å²) in [6.45, 7) is 10.0. The van der Waals surface area contributed by atoms with Crippen molar-refractivity contribution in [3.8, 4) is 0 Å². The van der Waals surface area contributed by atoms with Crippen LogP contribution in [0.15, 0.2) is 12.1 Å². The average Bonchev–Trinajstić information content (AvgIpc) is 3.01. The van der Waals surface area contributed by atoms with Crippen LogP contribution in [0.3, 0.4) is 0 Å². The maximum absolute atomic E-state index is 10.3. The predicted octanol–water partition coefficient (Wildman–Crippen LogP) is 1.67. The van der Waals surface area contributed by atoms with Crippen molar-refractivity contribution < 1.29 is 14.4 Å². The van der Waals surface area contributed by atoms with Crippen molar-refractivity contribution in [2.45, 2.75) is 64.3 Å². The zero-order chi connectivity index (χ0) is 14.8. The number of aryl methyl sites for hydroxylation is 1. The standard InChI is InChI=1S/C15H22BNO3/c1-10-8-11(15(18)6-7-15)9-12(17-10)16-19-13(2,3)14(4,5)20-16/h8-9,18H,6-7H2,1-5H3. The number of hydrogen-bond donors (Lipinski definition) is 1. The van der Waals surface area contributed by atoms with Crippen LogP contribution in [-0.4, -0.2) is 28.4 Å². The zero-order valence-corrected chi connectivity index (χ0v) is 12.9. The fourth-order valence-corrected chi connectivity index (χ4v) is 2.45. The van der Waals surface area contributed by atoms with Crippen LogP contribution in [0.5, 0.6) is 0 Å². The van der Waals surface area contributed by atoms with E-state index in [1.54, 1.807) is 0 Å². The second kappa shape index (κ2) is 4.06. The van der Waals surface area contributed by atoms with Gasteiger partial charge in [0.25, 0.3) is 0 Å². The van der Waals surface area contributed by atoms with E-state index < -0.39 is 12.7 Å². The third-order valence-corrected chi connectivity index (χ3v) is 4.73. The highest BCUT2D eigenvalue weighted by atomic mass is 16.7. The second-order valence-corrected chi connectivity index (χ2v) is 7.04. The minimum Gasteiger partial charge on any atom is -0.398 e. The number of aliphatic hydroxyl groups is 1. The predicted molar refractivity (Wildman–Crippen MR) is 77.8 cm³/mol. The molecule has 0 radical (unpaired) electrons. The Morgan fingerprint density at radius 2 is 1.65 bits per heavy atom. The van der Waals surface area contributed by atoms with Crippen molar-refractivity contribution in [3.05, 3.63) is 23.4 Å². The molecule has 0 spiro atoms. The van der Waals surface area contributed by atoms with E-state index in [1.807, 2.05) is 46.8 Å². The molecule has 5 heteroatoms. The summed E-state index contributed by atoms with van der Waals surface area (Å²) in [4.78, 5) is 4.53. The van der Waals surface area contributed by atoms with Gasteiger partial charge in [-0.2, -0.15) is 0 Å². The molecule has 3 rings (SSSR count). The van der Waals surface area contributed by atoms with E-state index in [-0.39, 0.29) is 11.2 Å². The van der Waals surface area contributed by atoms with E-state index in [4.69, 9.17) is 9.31 Å². The quantitative estimate of drug-likeness (QED) is 0.834. The Morgan fingerprint density at radius 1 is 1.10 bits per heavy atom. The van der Waals surface area contributed by atoms with Gasteiger partial charge >= 0.3 is 7.12 Å². The fourth-order valence-electron chi connectivity index (χ4n) is 2.45. The molecule has 1 saturated carbocycles. The SMILES string of the molecule is Cc1cc(C2(O)CC2)cc(B2OC(C)(C)C(C)(C)O2)n1. The number of pyridine rings is 1. The summed E-state index contributed by atoms with van der Waals surface area (Å²) >= 11 is 0. The van der Waals surface area contributed by atoms with E-state index in [0.29, 0.717) is 0 Å². The first kappa shape index (κ1) is 14.0. The maximum atomic E-state index is 10.3. The first-order chi connectivity index (χ1) is 9.13. The van der Waals surface area contributed by atoms with Crippen LogP contribution < -0.4 is 5.59 Å². The molecule has 2 aliphatic rings. The Bertz CT molecular complexity index is 536. The fraction of sp³-hybridized carbons (Fsp3) is 0.667. The average molecular weight is 275 g/mol. The van der Waals surface area contributed by atoms with Crippen molar-refractivity contribution in [1.29, 1.82) is 0 Å². The number of aromatic nitrogens is 1. The molecule has 0 aromatic carbocycles. The highest BCUT2D eigenvalue weighted by Crippen LogP contribution is 2.45. The molecule has 1 aliphatic heterocycles. The molecule has 0 unspecified atom stereocenters. The minimum absolute atomic E-state index is 0.375. The lowest BCUT2D eigenvalue weighted by Gasteiger charge is -2.32. The van der Waals surface area contributed by atoms with E-state index in [1.165, 1.54) is 0 Å². The van der Waals surface area contributed by atoms with Gasteiger partial charge in [0, 0.05) is 5.69 Å². The molecule has 1 aromatic heterocycles. The Balaban J connectivity index is 1.94. The Kier molecular flexibility index (Phi) is 2.85. The molecule has 1 saturated heterocycles. The van der Waals surface area contributed by atoms with Crippen LogP contribution >= 0.6 is 0 Å². The molecule has 0 bridgehead atoms. The van der Waals surface area contributed by atoms with Gasteiger partial charge < -0.3 is 14.4 Å². The van der Waals surface area contributed by atoms with Gasteiger partial charge in [-0.25, -0.2) is 0 Å². The van der Waals surface area contributed by atoms with E-state index >= 15 is 0 Å². The van der Waals surface area contributed by atoms with Crippen molar-refractivity contribution in [2.75, 3.05) is 0 Å². The zero-order valence-electron chi connectivity index (χ0n) is 12.9. The van der Waals surface area contributed by atoms with Gasteiger partial charge in [-0.1, -0.05) is 0 Å². The summed E-state index contributed by atoms with van der Waals surface area (Å²) in [7, 11) is -0.471. The van der Waals surface area contributed by atoms with E-state index in [2.05, 4.69) is 4.98 Å². The van der Waals surface area contributed by atoms with Gasteiger partial charge in [-0.15, -0.1) is 0 Å². The molecule has 1 aromatic rings. The molecule has 0 atom stereocenters. The highest BCUT2D eigenvalue weighted by Gasteiger charge is 2.53. The highest BCUT2D eigenvalue weighted by molar-refractivity contribution is 6.61. The molecule has 4 nitrogen and oxygen atoms in total. The van der Waals surface area contributed by atoms with Crippen LogP contribution in [0.25, 0.3) is 0 Å². The van der Waals surface area contributed by atoms with Crippen molar-refractivity contribution in [3.63, 3.8) is 0 Å². The van der Waals surface area contributed by atoms with Gasteiger partial charge in [0.1, 0.15) is 0 Å². The number of rotatable bonds is 2. The van der Waals surface area contributed by atoms with Crippen LogP contribution in [0, 0.1) is 6.92 Å². The topological polar surface area (TPSA) is 51.6 Å². The monoisotopic (exact) mass is 275 g/mol. The summed E-state index contributed by atoms with van der Waals surface area (Å²) in [6, 6.07) is 3.86. The van der Waals surface area contributed by atoms with Crippen LogP contribution in [0.4, 0.5) is 0 Å². The second-order valence-electron chi connectivity index (χ2n) is 7.04. The molecule has 1 aliphatic carbocycles. The Hall–Kier alpha value is -0.905. The lowest BCUT2D eigenvalue weighted by Crippen LogP contribution is -2.41. The summed E-state index contributed by atoms with van der Waals surface area (Å²) in [5, 5.41) is 10.3. The largest absolute Gasteiger partial charge is 0.514 e. The van der Waals surface area contributed by atoms with Crippen molar-refractivity contribution in [2.24, 2.45) is 0 Å². The molecule has 0 amide bonds. The van der Waals surface area contributed by atoms with E-state index in [0.717, 1.165) is 29.7 Å². The molecule has 108 valence electrons. The Labute approximate surface area is 120 Å². The molecular weight excluding hydrogens is 253 g/mol. The lowest BCUT2D eigenvalue weighted by atomic mass is 9.82. The summed E-state index contributed by atoms with van der Waals surface area (Å²) in [5.74, 6) is 0. The van der Waals surface area contributed by atoms with Gasteiger partial charge in [0.05, 0.1) is 22.4 Å². The van der Waals surface area contributed by atoms with Gasteiger partial charge in [0.15, 0.2) is 0 Å². The first-order valence-corrected chi connectivity index (χ1v) is 7.20. The third kappa shape index (κ3) is 2.18. The summed E-state index contributed by atoms with van der Waals surface area (Å²) in [5.41, 5.74) is 1.15. The van der Waals surface area contributed by atoms with Gasteiger partial charge in [-0.3, -0.25) is 4.98 Å². The van der Waals surface area contributed by atoms with E-state index in [9.17, 15) is 5.11 Å². The number of hydrogen-bond acceptors (Lipinski definition) is 4. The maximum Gasteiger partial charge on any atom is 0.514 e. The molecule has 1 N–H and O–H groups in total. The van der Waals surface area contributed by atoms with Gasteiger partial charge in [0.2, 0.25) is 0 Å². The molecular formula is C15H22BNO3. The summed E-state index contributed by atoms with van der Waals surface area (Å²) < 4.78 is 12.1. The van der Waals surface area contributed by atoms with Crippen molar-refractivity contribution in [1.82, 2.24) is 4.98 Å². The van der Waals surface area contributed by atoms with Crippen LogP contribution in [0.2, 0.25) is 0 Å². The molecule has 2 heterocycles. The summed E-state index contributed by atoms with van der Waals surface area (Å²) in [6.07, 6.45) is 1.64. The Morgan fingerprint density at radius 3 is 2.15 bits per heavy atom. The third-order valence-electron chi connectivity index (χ3n) is 4.73.